The maximum absolute atomic E-state index is 11.7. The smallest absolute Gasteiger partial charge is 0.408 e. The minimum atomic E-state index is -1.56. The molecule has 0 aliphatic heterocycles. The van der Waals surface area contributed by atoms with Crippen molar-refractivity contribution in [2.24, 2.45) is 0 Å². The number of aliphatic hydroxyl groups is 1. The fourth-order valence-electron chi connectivity index (χ4n) is 1.89. The van der Waals surface area contributed by atoms with E-state index in [-0.39, 0.29) is 12.3 Å². The standard InChI is InChI=1S/C16H16N2O5/c19-14(12-8-4-5-9-17-12)13(15(20)21)18-16(22)23-10-11-6-2-1-3-7-11/h1-9,13-14,19H,10H2,(H,18,22)(H,20,21)/t13-,14-/m1/s1. The summed E-state index contributed by atoms with van der Waals surface area (Å²) < 4.78 is 4.95. The molecule has 23 heavy (non-hydrogen) atoms. The van der Waals surface area contributed by atoms with Crippen LogP contribution in [0.15, 0.2) is 54.7 Å². The number of rotatable bonds is 6. The predicted octanol–water partition coefficient (Wildman–Crippen LogP) is 1.49. The van der Waals surface area contributed by atoms with E-state index in [1.54, 1.807) is 36.4 Å². The number of ether oxygens (including phenoxy) is 1. The van der Waals surface area contributed by atoms with Gasteiger partial charge in [-0.1, -0.05) is 36.4 Å². The van der Waals surface area contributed by atoms with Gasteiger partial charge in [0.2, 0.25) is 0 Å². The van der Waals surface area contributed by atoms with Crippen molar-refractivity contribution in [3.05, 3.63) is 66.0 Å². The number of carboxylic acid groups (broad SMARTS) is 1. The van der Waals surface area contributed by atoms with E-state index in [1.165, 1.54) is 12.3 Å². The number of pyridine rings is 1. The van der Waals surface area contributed by atoms with Crippen LogP contribution in [-0.2, 0) is 16.1 Å². The van der Waals surface area contributed by atoms with Gasteiger partial charge in [0.15, 0.2) is 6.04 Å². The summed E-state index contributed by atoms with van der Waals surface area (Å²) in [6.45, 7) is -0.00130. The third kappa shape index (κ3) is 4.79. The molecular weight excluding hydrogens is 300 g/mol. The molecule has 7 nitrogen and oxygen atoms in total. The molecule has 2 rings (SSSR count). The van der Waals surface area contributed by atoms with Crippen LogP contribution in [0.4, 0.5) is 4.79 Å². The van der Waals surface area contributed by atoms with Gasteiger partial charge in [0, 0.05) is 6.20 Å². The van der Waals surface area contributed by atoms with Crippen LogP contribution in [0.3, 0.4) is 0 Å². The lowest BCUT2D eigenvalue weighted by Crippen LogP contribution is -2.45. The Hall–Kier alpha value is -2.93. The zero-order chi connectivity index (χ0) is 16.7. The molecule has 0 radical (unpaired) electrons. The van der Waals surface area contributed by atoms with Gasteiger partial charge in [-0.15, -0.1) is 0 Å². The van der Waals surface area contributed by atoms with Crippen molar-refractivity contribution in [3.63, 3.8) is 0 Å². The molecule has 1 heterocycles. The monoisotopic (exact) mass is 316 g/mol. The zero-order valence-electron chi connectivity index (χ0n) is 12.1. The molecule has 1 aromatic heterocycles. The van der Waals surface area contributed by atoms with E-state index >= 15 is 0 Å². The minimum Gasteiger partial charge on any atom is -0.480 e. The van der Waals surface area contributed by atoms with Gasteiger partial charge in [-0.05, 0) is 17.7 Å². The molecule has 1 aromatic carbocycles. The molecule has 2 atom stereocenters. The summed E-state index contributed by atoms with van der Waals surface area (Å²) in [5, 5.41) is 21.4. The number of aliphatic hydroxyl groups excluding tert-OH is 1. The molecule has 0 spiro atoms. The van der Waals surface area contributed by atoms with E-state index in [4.69, 9.17) is 4.74 Å². The summed E-state index contributed by atoms with van der Waals surface area (Å²) >= 11 is 0. The number of carboxylic acids is 1. The molecule has 0 fully saturated rings. The highest BCUT2D eigenvalue weighted by molar-refractivity contribution is 5.80. The number of nitrogens with one attached hydrogen (secondary N) is 1. The molecule has 0 bridgehead atoms. The van der Waals surface area contributed by atoms with E-state index < -0.39 is 24.2 Å². The minimum absolute atomic E-state index is 0.00130. The summed E-state index contributed by atoms with van der Waals surface area (Å²) in [7, 11) is 0. The molecule has 1 amide bonds. The molecule has 3 N–H and O–H groups in total. The lowest BCUT2D eigenvalue weighted by atomic mass is 10.1. The molecule has 0 aliphatic carbocycles. The Labute approximate surface area is 132 Å². The van der Waals surface area contributed by atoms with Gasteiger partial charge >= 0.3 is 12.1 Å². The van der Waals surface area contributed by atoms with Crippen molar-refractivity contribution in [2.75, 3.05) is 0 Å². The average molecular weight is 316 g/mol. The van der Waals surface area contributed by atoms with Crippen LogP contribution in [-0.4, -0.2) is 33.3 Å². The second-order valence-corrected chi connectivity index (χ2v) is 4.72. The van der Waals surface area contributed by atoms with Crippen LogP contribution in [0.1, 0.15) is 17.4 Å². The van der Waals surface area contributed by atoms with Crippen LogP contribution < -0.4 is 5.32 Å². The topological polar surface area (TPSA) is 109 Å². The Morgan fingerprint density at radius 3 is 2.43 bits per heavy atom. The number of aliphatic carboxylic acids is 1. The first kappa shape index (κ1) is 16.4. The van der Waals surface area contributed by atoms with Gasteiger partial charge in [-0.3, -0.25) is 4.98 Å². The number of carbonyl (C=O) groups excluding carboxylic acids is 1. The first-order valence-electron chi connectivity index (χ1n) is 6.87. The number of hydrogen-bond donors (Lipinski definition) is 3. The first-order chi connectivity index (χ1) is 11.1. The number of hydrogen-bond acceptors (Lipinski definition) is 5. The fraction of sp³-hybridized carbons (Fsp3) is 0.188. The lowest BCUT2D eigenvalue weighted by Gasteiger charge is -2.19. The predicted molar refractivity (Wildman–Crippen MR) is 80.4 cm³/mol. The quantitative estimate of drug-likeness (QED) is 0.745. The largest absolute Gasteiger partial charge is 0.480 e. The molecule has 0 saturated heterocycles. The number of alkyl carbamates (subject to hydrolysis) is 1. The average Bonchev–Trinajstić information content (AvgIpc) is 2.58. The van der Waals surface area contributed by atoms with Crippen molar-refractivity contribution >= 4 is 12.1 Å². The molecule has 0 saturated carbocycles. The fourth-order valence-corrected chi connectivity index (χ4v) is 1.89. The third-order valence-electron chi connectivity index (χ3n) is 3.06. The van der Waals surface area contributed by atoms with Crippen molar-refractivity contribution < 1.29 is 24.5 Å². The Balaban J connectivity index is 1.96. The Morgan fingerprint density at radius 1 is 1.13 bits per heavy atom. The summed E-state index contributed by atoms with van der Waals surface area (Å²) in [5.74, 6) is -1.39. The first-order valence-corrected chi connectivity index (χ1v) is 6.87. The second-order valence-electron chi connectivity index (χ2n) is 4.72. The summed E-state index contributed by atoms with van der Waals surface area (Å²) in [6.07, 6.45) is -1.00. The molecular formula is C16H16N2O5. The van der Waals surface area contributed by atoms with Crippen LogP contribution >= 0.6 is 0 Å². The van der Waals surface area contributed by atoms with Crippen molar-refractivity contribution in [3.8, 4) is 0 Å². The van der Waals surface area contributed by atoms with Crippen LogP contribution in [0.25, 0.3) is 0 Å². The van der Waals surface area contributed by atoms with Gasteiger partial charge < -0.3 is 20.3 Å². The summed E-state index contributed by atoms with van der Waals surface area (Å²) in [6, 6.07) is 12.1. The van der Waals surface area contributed by atoms with Crippen molar-refractivity contribution in [1.29, 1.82) is 0 Å². The number of carbonyl (C=O) groups is 2. The Bertz CT molecular complexity index is 648. The normalized spacial score (nSPS) is 12.9. The van der Waals surface area contributed by atoms with Gasteiger partial charge in [0.25, 0.3) is 0 Å². The lowest BCUT2D eigenvalue weighted by molar-refractivity contribution is -0.142. The van der Waals surface area contributed by atoms with Gasteiger partial charge in [-0.25, -0.2) is 9.59 Å². The highest BCUT2D eigenvalue weighted by Crippen LogP contribution is 2.14. The van der Waals surface area contributed by atoms with E-state index in [0.717, 1.165) is 5.56 Å². The van der Waals surface area contributed by atoms with E-state index in [9.17, 15) is 19.8 Å². The summed E-state index contributed by atoms with van der Waals surface area (Å²) in [5.41, 5.74) is 0.906. The van der Waals surface area contributed by atoms with Crippen LogP contribution in [0, 0.1) is 0 Å². The van der Waals surface area contributed by atoms with E-state index in [2.05, 4.69) is 10.3 Å². The maximum Gasteiger partial charge on any atom is 0.408 e. The third-order valence-corrected chi connectivity index (χ3v) is 3.06. The van der Waals surface area contributed by atoms with E-state index in [1.807, 2.05) is 6.07 Å². The number of benzene rings is 1. The van der Waals surface area contributed by atoms with E-state index in [0.29, 0.717) is 0 Å². The van der Waals surface area contributed by atoms with Crippen molar-refractivity contribution in [2.45, 2.75) is 18.8 Å². The highest BCUT2D eigenvalue weighted by atomic mass is 16.5. The van der Waals surface area contributed by atoms with Crippen LogP contribution in [0.2, 0.25) is 0 Å². The molecule has 120 valence electrons. The van der Waals surface area contributed by atoms with Gasteiger partial charge in [0.05, 0.1) is 5.69 Å². The SMILES string of the molecule is O=C(N[C@@H](C(=O)O)[C@H](O)c1ccccn1)OCc1ccccc1. The molecule has 0 aliphatic rings. The van der Waals surface area contributed by atoms with Gasteiger partial charge in [-0.2, -0.15) is 0 Å². The van der Waals surface area contributed by atoms with Crippen molar-refractivity contribution in [1.82, 2.24) is 10.3 Å². The molecule has 2 aromatic rings. The Morgan fingerprint density at radius 2 is 1.83 bits per heavy atom. The second kappa shape index (κ2) is 7.90. The van der Waals surface area contributed by atoms with Gasteiger partial charge in [0.1, 0.15) is 12.7 Å². The highest BCUT2D eigenvalue weighted by Gasteiger charge is 2.30. The number of amides is 1. The Kier molecular flexibility index (Phi) is 5.65. The summed E-state index contributed by atoms with van der Waals surface area (Å²) in [4.78, 5) is 26.9. The zero-order valence-corrected chi connectivity index (χ0v) is 12.1. The number of aromatic nitrogens is 1. The van der Waals surface area contributed by atoms with Crippen LogP contribution in [0.5, 0.6) is 0 Å². The molecule has 0 unspecified atom stereocenters. The number of nitrogens with zero attached hydrogens (tertiary/aromatic N) is 1. The maximum atomic E-state index is 11.7. The molecule has 7 heteroatoms.